The van der Waals surface area contributed by atoms with Crippen LogP contribution in [0.1, 0.15) is 39.2 Å². The lowest BCUT2D eigenvalue weighted by Gasteiger charge is -2.33. The van der Waals surface area contributed by atoms with Crippen LogP contribution < -0.4 is 0 Å². The number of β-amino-alcohol motifs (C(OH)–C–C–N with tert-alkyl or cyclic N) is 1. The molecule has 0 spiro atoms. The van der Waals surface area contributed by atoms with Gasteiger partial charge in [-0.3, -0.25) is 0 Å². The van der Waals surface area contributed by atoms with E-state index in [-0.39, 0.29) is 11.7 Å². The molecule has 0 amide bonds. The first kappa shape index (κ1) is 17.5. The van der Waals surface area contributed by atoms with E-state index in [4.69, 9.17) is 4.74 Å². The molecule has 0 saturated carbocycles. The Labute approximate surface area is 135 Å². The highest BCUT2D eigenvalue weighted by atomic mass is 16.5. The van der Waals surface area contributed by atoms with Crippen LogP contribution in [0, 0.1) is 5.92 Å². The zero-order valence-electron chi connectivity index (χ0n) is 14.3. The second-order valence-electron chi connectivity index (χ2n) is 7.51. The minimum atomic E-state index is -0.384. The highest BCUT2D eigenvalue weighted by molar-refractivity contribution is 5.15. The fraction of sp³-hybridized carbons (Fsp3) is 0.684. The standard InChI is InChI=1S/C19H31NO2/c1-19(2,3)22-15-18(21)14-20-11-9-17(10-12-20)13-16-7-5-4-6-8-16/h4-8,17-18,21H,9-15H2,1-3H3. The Morgan fingerprint density at radius 3 is 2.41 bits per heavy atom. The van der Waals surface area contributed by atoms with Crippen molar-refractivity contribution in [2.45, 2.75) is 51.7 Å². The molecule has 1 aromatic carbocycles. The van der Waals surface area contributed by atoms with Crippen molar-refractivity contribution in [2.24, 2.45) is 5.92 Å². The van der Waals surface area contributed by atoms with Gasteiger partial charge in [-0.2, -0.15) is 0 Å². The molecule has 1 N–H and O–H groups in total. The molecule has 1 saturated heterocycles. The van der Waals surface area contributed by atoms with Crippen LogP contribution in [-0.2, 0) is 11.2 Å². The maximum atomic E-state index is 10.1. The highest BCUT2D eigenvalue weighted by Gasteiger charge is 2.22. The molecule has 1 heterocycles. The van der Waals surface area contributed by atoms with E-state index in [9.17, 15) is 5.11 Å². The summed E-state index contributed by atoms with van der Waals surface area (Å²) in [6.45, 7) is 9.40. The van der Waals surface area contributed by atoms with Crippen LogP contribution in [0.25, 0.3) is 0 Å². The molecule has 2 rings (SSSR count). The van der Waals surface area contributed by atoms with Gasteiger partial charge in [-0.15, -0.1) is 0 Å². The van der Waals surface area contributed by atoms with Gasteiger partial charge in [0.2, 0.25) is 0 Å². The number of hydrogen-bond donors (Lipinski definition) is 1. The number of aliphatic hydroxyl groups excluding tert-OH is 1. The zero-order chi connectivity index (χ0) is 16.0. The minimum Gasteiger partial charge on any atom is -0.389 e. The number of nitrogens with zero attached hydrogens (tertiary/aromatic N) is 1. The van der Waals surface area contributed by atoms with E-state index in [1.54, 1.807) is 0 Å². The van der Waals surface area contributed by atoms with Gasteiger partial charge >= 0.3 is 0 Å². The summed E-state index contributed by atoms with van der Waals surface area (Å²) in [7, 11) is 0. The van der Waals surface area contributed by atoms with Crippen LogP contribution in [-0.4, -0.2) is 48.0 Å². The van der Waals surface area contributed by atoms with Crippen LogP contribution >= 0.6 is 0 Å². The van der Waals surface area contributed by atoms with Crippen LogP contribution in [0.2, 0.25) is 0 Å². The van der Waals surface area contributed by atoms with Gasteiger partial charge < -0.3 is 14.7 Å². The molecule has 1 aromatic rings. The molecule has 3 nitrogen and oxygen atoms in total. The van der Waals surface area contributed by atoms with Crippen molar-refractivity contribution in [3.8, 4) is 0 Å². The number of piperidine rings is 1. The molecular formula is C19H31NO2. The maximum absolute atomic E-state index is 10.1. The number of likely N-dealkylation sites (tertiary alicyclic amines) is 1. The van der Waals surface area contributed by atoms with Gasteiger partial charge in [0.1, 0.15) is 0 Å². The third-order valence-electron chi connectivity index (χ3n) is 4.25. The quantitative estimate of drug-likeness (QED) is 0.876. The van der Waals surface area contributed by atoms with E-state index < -0.39 is 0 Å². The molecule has 22 heavy (non-hydrogen) atoms. The van der Waals surface area contributed by atoms with Gasteiger partial charge in [0.15, 0.2) is 0 Å². The van der Waals surface area contributed by atoms with E-state index in [2.05, 4.69) is 35.2 Å². The van der Waals surface area contributed by atoms with E-state index in [1.807, 2.05) is 20.8 Å². The summed E-state index contributed by atoms with van der Waals surface area (Å²) < 4.78 is 5.66. The van der Waals surface area contributed by atoms with Gasteiger partial charge in [0, 0.05) is 6.54 Å². The Morgan fingerprint density at radius 2 is 1.82 bits per heavy atom. The molecule has 1 atom stereocenters. The molecule has 1 unspecified atom stereocenters. The molecule has 0 radical (unpaired) electrons. The summed E-state index contributed by atoms with van der Waals surface area (Å²) in [5.74, 6) is 0.779. The summed E-state index contributed by atoms with van der Waals surface area (Å²) in [6, 6.07) is 10.8. The molecule has 3 heteroatoms. The molecule has 1 aliphatic rings. The van der Waals surface area contributed by atoms with Crippen molar-refractivity contribution in [2.75, 3.05) is 26.2 Å². The van der Waals surface area contributed by atoms with Crippen molar-refractivity contribution in [1.29, 1.82) is 0 Å². The van der Waals surface area contributed by atoms with Gasteiger partial charge in [-0.1, -0.05) is 30.3 Å². The van der Waals surface area contributed by atoms with Crippen LogP contribution in [0.5, 0.6) is 0 Å². The van der Waals surface area contributed by atoms with Gasteiger partial charge in [0.05, 0.1) is 18.3 Å². The molecule has 0 aliphatic carbocycles. The van der Waals surface area contributed by atoms with Crippen molar-refractivity contribution >= 4 is 0 Å². The Kier molecular flexibility index (Phi) is 6.42. The van der Waals surface area contributed by atoms with Crippen LogP contribution in [0.3, 0.4) is 0 Å². The Morgan fingerprint density at radius 1 is 1.18 bits per heavy atom. The van der Waals surface area contributed by atoms with Crippen molar-refractivity contribution in [3.63, 3.8) is 0 Å². The number of rotatable bonds is 6. The lowest BCUT2D eigenvalue weighted by atomic mass is 9.90. The van der Waals surface area contributed by atoms with E-state index in [0.29, 0.717) is 6.61 Å². The second kappa shape index (κ2) is 8.09. The zero-order valence-corrected chi connectivity index (χ0v) is 14.3. The predicted octanol–water partition coefficient (Wildman–Crippen LogP) is 3.12. The molecule has 124 valence electrons. The normalized spacial score (nSPS) is 19.3. The average molecular weight is 305 g/mol. The summed E-state index contributed by atoms with van der Waals surface area (Å²) in [5.41, 5.74) is 1.27. The van der Waals surface area contributed by atoms with Crippen LogP contribution in [0.15, 0.2) is 30.3 Å². The minimum absolute atomic E-state index is 0.177. The molecular weight excluding hydrogens is 274 g/mol. The SMILES string of the molecule is CC(C)(C)OCC(O)CN1CCC(Cc2ccccc2)CC1. The first-order valence-corrected chi connectivity index (χ1v) is 8.51. The molecule has 0 bridgehead atoms. The smallest absolute Gasteiger partial charge is 0.0900 e. The average Bonchev–Trinajstić information content (AvgIpc) is 2.48. The summed E-state index contributed by atoms with van der Waals surface area (Å²) >= 11 is 0. The fourth-order valence-electron chi connectivity index (χ4n) is 3.02. The number of hydrogen-bond acceptors (Lipinski definition) is 3. The van der Waals surface area contributed by atoms with Gasteiger partial charge in [-0.25, -0.2) is 0 Å². The van der Waals surface area contributed by atoms with Crippen molar-refractivity contribution in [3.05, 3.63) is 35.9 Å². The van der Waals surface area contributed by atoms with E-state index in [0.717, 1.165) is 25.6 Å². The maximum Gasteiger partial charge on any atom is 0.0900 e. The number of ether oxygens (including phenoxy) is 1. The Hall–Kier alpha value is -0.900. The third kappa shape index (κ3) is 6.47. The Balaban J connectivity index is 1.66. The van der Waals surface area contributed by atoms with Crippen LogP contribution in [0.4, 0.5) is 0 Å². The van der Waals surface area contributed by atoms with Gasteiger partial charge in [0.25, 0.3) is 0 Å². The summed E-state index contributed by atoms with van der Waals surface area (Å²) in [4.78, 5) is 2.37. The lowest BCUT2D eigenvalue weighted by molar-refractivity contribution is -0.0578. The monoisotopic (exact) mass is 305 g/mol. The molecule has 0 aromatic heterocycles. The van der Waals surface area contributed by atoms with E-state index >= 15 is 0 Å². The summed E-state index contributed by atoms with van der Waals surface area (Å²) in [6.07, 6.45) is 3.25. The number of benzene rings is 1. The third-order valence-corrected chi connectivity index (χ3v) is 4.25. The van der Waals surface area contributed by atoms with Crippen molar-refractivity contribution in [1.82, 2.24) is 4.90 Å². The summed E-state index contributed by atoms with van der Waals surface area (Å²) in [5, 5.41) is 10.1. The number of aliphatic hydroxyl groups is 1. The Bertz CT molecular complexity index is 419. The lowest BCUT2D eigenvalue weighted by Crippen LogP contribution is -2.41. The second-order valence-corrected chi connectivity index (χ2v) is 7.51. The largest absolute Gasteiger partial charge is 0.389 e. The highest BCUT2D eigenvalue weighted by Crippen LogP contribution is 2.21. The molecule has 1 aliphatic heterocycles. The van der Waals surface area contributed by atoms with E-state index in [1.165, 1.54) is 24.8 Å². The molecule has 1 fully saturated rings. The van der Waals surface area contributed by atoms with Gasteiger partial charge in [-0.05, 0) is 64.6 Å². The predicted molar refractivity (Wildman–Crippen MR) is 91.0 cm³/mol. The fourth-order valence-corrected chi connectivity index (χ4v) is 3.02. The first-order valence-electron chi connectivity index (χ1n) is 8.51. The topological polar surface area (TPSA) is 32.7 Å². The first-order chi connectivity index (χ1) is 10.4. The van der Waals surface area contributed by atoms with Crippen molar-refractivity contribution < 1.29 is 9.84 Å².